The number of benzene rings is 2. The number of anilines is 4. The molecule has 7 heteroatoms. The Morgan fingerprint density at radius 3 is 2.21 bits per heavy atom. The summed E-state index contributed by atoms with van der Waals surface area (Å²) in [5.41, 5.74) is 4.42. The van der Waals surface area contributed by atoms with E-state index in [4.69, 9.17) is 0 Å². The molecule has 0 radical (unpaired) electrons. The van der Waals surface area contributed by atoms with Gasteiger partial charge in [-0.2, -0.15) is 10.1 Å². The lowest BCUT2D eigenvalue weighted by Gasteiger charge is -2.35. The molecular weight excluding hydrogens is 355 g/mol. The van der Waals surface area contributed by atoms with Crippen molar-refractivity contribution in [3.63, 3.8) is 0 Å². The highest BCUT2D eigenvalue weighted by Crippen LogP contribution is 2.21. The first kappa shape index (κ1) is 18.2. The Hall–Kier alpha value is -3.22. The maximum absolute atomic E-state index is 13.1. The van der Waals surface area contributed by atoms with E-state index in [0.29, 0.717) is 11.8 Å². The SMILES string of the molecule is Cc1cc(C)cc(Nc2cnnc(N3CCN(c4ccc(F)cc4)CC3)n2)c1. The zero-order valence-electron chi connectivity index (χ0n) is 16.1. The summed E-state index contributed by atoms with van der Waals surface area (Å²) in [5, 5.41) is 11.6. The molecule has 0 atom stereocenters. The smallest absolute Gasteiger partial charge is 0.247 e. The van der Waals surface area contributed by atoms with E-state index < -0.39 is 0 Å². The summed E-state index contributed by atoms with van der Waals surface area (Å²) in [6.07, 6.45) is 1.63. The van der Waals surface area contributed by atoms with Crippen molar-refractivity contribution in [1.82, 2.24) is 15.2 Å². The largest absolute Gasteiger partial charge is 0.368 e. The third kappa shape index (κ3) is 4.19. The van der Waals surface area contributed by atoms with Gasteiger partial charge in [0.2, 0.25) is 5.95 Å². The second kappa shape index (κ2) is 7.80. The molecule has 0 bridgehead atoms. The molecule has 28 heavy (non-hydrogen) atoms. The van der Waals surface area contributed by atoms with Gasteiger partial charge in [0, 0.05) is 37.6 Å². The number of rotatable bonds is 4. The van der Waals surface area contributed by atoms with E-state index in [1.54, 1.807) is 6.20 Å². The monoisotopic (exact) mass is 378 g/mol. The van der Waals surface area contributed by atoms with Gasteiger partial charge < -0.3 is 15.1 Å². The number of hydrogen-bond acceptors (Lipinski definition) is 6. The lowest BCUT2D eigenvalue weighted by Crippen LogP contribution is -2.47. The van der Waals surface area contributed by atoms with Gasteiger partial charge in [0.25, 0.3) is 0 Å². The van der Waals surface area contributed by atoms with Gasteiger partial charge >= 0.3 is 0 Å². The first-order valence-electron chi connectivity index (χ1n) is 9.37. The maximum atomic E-state index is 13.1. The number of nitrogens with zero attached hydrogens (tertiary/aromatic N) is 5. The van der Waals surface area contributed by atoms with E-state index >= 15 is 0 Å². The highest BCUT2D eigenvalue weighted by atomic mass is 19.1. The average molecular weight is 378 g/mol. The molecule has 1 aliphatic rings. The molecule has 6 nitrogen and oxygen atoms in total. The summed E-state index contributed by atoms with van der Waals surface area (Å²) < 4.78 is 13.1. The fraction of sp³-hybridized carbons (Fsp3) is 0.286. The minimum absolute atomic E-state index is 0.213. The van der Waals surface area contributed by atoms with E-state index in [9.17, 15) is 4.39 Å². The Morgan fingerprint density at radius 1 is 0.893 bits per heavy atom. The number of aryl methyl sites for hydroxylation is 2. The Kier molecular flexibility index (Phi) is 5.06. The summed E-state index contributed by atoms with van der Waals surface area (Å²) in [4.78, 5) is 9.00. The first-order valence-corrected chi connectivity index (χ1v) is 9.37. The molecule has 1 aromatic heterocycles. The minimum Gasteiger partial charge on any atom is -0.368 e. The van der Waals surface area contributed by atoms with Crippen LogP contribution in [0.3, 0.4) is 0 Å². The van der Waals surface area contributed by atoms with Crippen LogP contribution in [0.5, 0.6) is 0 Å². The van der Waals surface area contributed by atoms with Crippen LogP contribution in [0.25, 0.3) is 0 Å². The van der Waals surface area contributed by atoms with Gasteiger partial charge in [-0.25, -0.2) is 4.39 Å². The predicted molar refractivity (Wildman–Crippen MR) is 110 cm³/mol. The van der Waals surface area contributed by atoms with Crippen LogP contribution in [0.15, 0.2) is 48.7 Å². The highest BCUT2D eigenvalue weighted by Gasteiger charge is 2.20. The fourth-order valence-corrected chi connectivity index (χ4v) is 3.50. The Labute approximate surface area is 164 Å². The summed E-state index contributed by atoms with van der Waals surface area (Å²) in [5.74, 6) is 1.08. The molecule has 1 aliphatic heterocycles. The van der Waals surface area contributed by atoms with Crippen molar-refractivity contribution in [3.8, 4) is 0 Å². The van der Waals surface area contributed by atoms with Gasteiger partial charge in [-0.15, -0.1) is 5.10 Å². The van der Waals surface area contributed by atoms with E-state index in [2.05, 4.69) is 62.3 Å². The molecule has 2 heterocycles. The summed E-state index contributed by atoms with van der Waals surface area (Å²) in [6, 6.07) is 12.9. The van der Waals surface area contributed by atoms with Crippen LogP contribution >= 0.6 is 0 Å². The minimum atomic E-state index is -0.213. The molecule has 1 N–H and O–H groups in total. The van der Waals surface area contributed by atoms with Gasteiger partial charge in [0.05, 0.1) is 6.20 Å². The van der Waals surface area contributed by atoms with Crippen molar-refractivity contribution in [2.24, 2.45) is 0 Å². The molecular formula is C21H23FN6. The van der Waals surface area contributed by atoms with Crippen LogP contribution < -0.4 is 15.1 Å². The zero-order valence-corrected chi connectivity index (χ0v) is 16.1. The second-order valence-corrected chi connectivity index (χ2v) is 7.09. The van der Waals surface area contributed by atoms with Crippen LogP contribution in [-0.2, 0) is 0 Å². The quantitative estimate of drug-likeness (QED) is 0.747. The van der Waals surface area contributed by atoms with Crippen molar-refractivity contribution in [3.05, 3.63) is 65.6 Å². The van der Waals surface area contributed by atoms with Gasteiger partial charge in [-0.05, 0) is 61.4 Å². The van der Waals surface area contributed by atoms with Gasteiger partial charge in [0.1, 0.15) is 5.82 Å². The zero-order chi connectivity index (χ0) is 19.5. The maximum Gasteiger partial charge on any atom is 0.247 e. The summed E-state index contributed by atoms with van der Waals surface area (Å²) in [7, 11) is 0. The van der Waals surface area contributed by atoms with E-state index in [0.717, 1.165) is 37.6 Å². The van der Waals surface area contributed by atoms with Crippen LogP contribution in [-0.4, -0.2) is 41.4 Å². The van der Waals surface area contributed by atoms with Crippen molar-refractivity contribution >= 4 is 23.1 Å². The van der Waals surface area contributed by atoms with Crippen molar-refractivity contribution in [2.45, 2.75) is 13.8 Å². The Bertz CT molecular complexity index is 931. The average Bonchev–Trinajstić information content (AvgIpc) is 2.68. The molecule has 1 fully saturated rings. The lowest BCUT2D eigenvalue weighted by molar-refractivity contribution is 0.622. The topological polar surface area (TPSA) is 57.2 Å². The number of halogens is 1. The lowest BCUT2D eigenvalue weighted by atomic mass is 10.1. The standard InChI is InChI=1S/C21H23FN6/c1-15-11-16(2)13-18(12-15)24-20-14-23-26-21(25-20)28-9-7-27(8-10-28)19-5-3-17(22)4-6-19/h3-6,11-14H,7-10H2,1-2H3,(H,24,25,26). The molecule has 4 rings (SSSR count). The number of hydrogen-bond donors (Lipinski definition) is 1. The van der Waals surface area contributed by atoms with Crippen LogP contribution in [0, 0.1) is 19.7 Å². The van der Waals surface area contributed by atoms with E-state index in [1.165, 1.54) is 23.3 Å². The third-order valence-electron chi connectivity index (χ3n) is 4.80. The predicted octanol–water partition coefficient (Wildman–Crippen LogP) is 3.70. The summed E-state index contributed by atoms with van der Waals surface area (Å²) in [6.45, 7) is 7.36. The van der Waals surface area contributed by atoms with E-state index in [-0.39, 0.29) is 5.82 Å². The van der Waals surface area contributed by atoms with Crippen molar-refractivity contribution in [1.29, 1.82) is 0 Å². The first-order chi connectivity index (χ1) is 13.6. The molecule has 1 saturated heterocycles. The molecule has 144 valence electrons. The van der Waals surface area contributed by atoms with Crippen molar-refractivity contribution < 1.29 is 4.39 Å². The molecule has 0 amide bonds. The molecule has 0 spiro atoms. The van der Waals surface area contributed by atoms with Crippen molar-refractivity contribution in [2.75, 3.05) is 41.3 Å². The Morgan fingerprint density at radius 2 is 1.54 bits per heavy atom. The number of nitrogens with one attached hydrogen (secondary N) is 1. The fourth-order valence-electron chi connectivity index (χ4n) is 3.50. The normalized spacial score (nSPS) is 14.2. The van der Waals surface area contributed by atoms with Gasteiger partial charge in [0.15, 0.2) is 5.82 Å². The van der Waals surface area contributed by atoms with Crippen LogP contribution in [0.4, 0.5) is 27.5 Å². The van der Waals surface area contributed by atoms with Crippen LogP contribution in [0.2, 0.25) is 0 Å². The molecule has 3 aromatic rings. The van der Waals surface area contributed by atoms with Crippen LogP contribution in [0.1, 0.15) is 11.1 Å². The van der Waals surface area contributed by atoms with Gasteiger partial charge in [-0.1, -0.05) is 6.07 Å². The number of piperazine rings is 1. The molecule has 0 aliphatic carbocycles. The highest BCUT2D eigenvalue weighted by molar-refractivity contribution is 5.58. The molecule has 0 saturated carbocycles. The molecule has 0 unspecified atom stereocenters. The van der Waals surface area contributed by atoms with E-state index in [1.807, 2.05) is 12.1 Å². The number of aromatic nitrogens is 3. The van der Waals surface area contributed by atoms with Gasteiger partial charge in [-0.3, -0.25) is 0 Å². The molecule has 2 aromatic carbocycles. The summed E-state index contributed by atoms with van der Waals surface area (Å²) >= 11 is 0. The Balaban J connectivity index is 1.43. The third-order valence-corrected chi connectivity index (χ3v) is 4.80. The second-order valence-electron chi connectivity index (χ2n) is 7.09.